The molecule has 1 aromatic carbocycles. The molecule has 0 saturated carbocycles. The highest BCUT2D eigenvalue weighted by molar-refractivity contribution is 5.72. The Morgan fingerprint density at radius 1 is 1.30 bits per heavy atom. The van der Waals surface area contributed by atoms with E-state index in [0.717, 1.165) is 12.0 Å². The number of hydrogen-bond donors (Lipinski definition) is 1. The highest BCUT2D eigenvalue weighted by Gasteiger charge is 2.21. The molecule has 0 saturated heterocycles. The molecule has 0 bridgehead atoms. The van der Waals surface area contributed by atoms with Crippen LogP contribution >= 0.6 is 0 Å². The standard InChI is InChI=1S/C16H25NO3/c1-3-15(17)11-14(16(18)19-2)9-10-20-12-13-7-5-4-6-8-13/h4-8,14-15H,3,9-12,17H2,1-2H3. The molecule has 0 aliphatic rings. The lowest BCUT2D eigenvalue weighted by Crippen LogP contribution is -2.28. The summed E-state index contributed by atoms with van der Waals surface area (Å²) in [6.07, 6.45) is 2.16. The van der Waals surface area contributed by atoms with Crippen molar-refractivity contribution in [1.29, 1.82) is 0 Å². The molecule has 2 atom stereocenters. The maximum Gasteiger partial charge on any atom is 0.308 e. The molecule has 0 amide bonds. The van der Waals surface area contributed by atoms with E-state index >= 15 is 0 Å². The molecule has 112 valence electrons. The van der Waals surface area contributed by atoms with Gasteiger partial charge in [0.2, 0.25) is 0 Å². The molecule has 4 nitrogen and oxygen atoms in total. The Kier molecular flexibility index (Phi) is 7.92. The van der Waals surface area contributed by atoms with Crippen LogP contribution in [-0.4, -0.2) is 25.7 Å². The second kappa shape index (κ2) is 9.50. The molecule has 0 heterocycles. The van der Waals surface area contributed by atoms with Crippen LogP contribution in [0.1, 0.15) is 31.7 Å². The van der Waals surface area contributed by atoms with E-state index in [4.69, 9.17) is 15.2 Å². The molecule has 4 heteroatoms. The molecule has 2 unspecified atom stereocenters. The smallest absolute Gasteiger partial charge is 0.308 e. The van der Waals surface area contributed by atoms with Crippen LogP contribution in [0.3, 0.4) is 0 Å². The van der Waals surface area contributed by atoms with Gasteiger partial charge in [0, 0.05) is 12.6 Å². The van der Waals surface area contributed by atoms with Crippen molar-refractivity contribution >= 4 is 5.97 Å². The van der Waals surface area contributed by atoms with Gasteiger partial charge in [-0.1, -0.05) is 37.3 Å². The zero-order valence-corrected chi connectivity index (χ0v) is 12.4. The molecule has 1 rings (SSSR count). The van der Waals surface area contributed by atoms with Crippen LogP contribution in [0, 0.1) is 5.92 Å². The van der Waals surface area contributed by atoms with Gasteiger partial charge in [0.25, 0.3) is 0 Å². The van der Waals surface area contributed by atoms with Gasteiger partial charge in [0.05, 0.1) is 19.6 Å². The molecular weight excluding hydrogens is 254 g/mol. The zero-order chi connectivity index (χ0) is 14.8. The van der Waals surface area contributed by atoms with Crippen LogP contribution in [0.5, 0.6) is 0 Å². The monoisotopic (exact) mass is 279 g/mol. The van der Waals surface area contributed by atoms with Crippen molar-refractivity contribution in [2.24, 2.45) is 11.7 Å². The van der Waals surface area contributed by atoms with E-state index in [1.165, 1.54) is 7.11 Å². The second-order valence-electron chi connectivity index (χ2n) is 4.95. The maximum atomic E-state index is 11.7. The van der Waals surface area contributed by atoms with Crippen molar-refractivity contribution in [3.05, 3.63) is 35.9 Å². The number of carbonyl (C=O) groups excluding carboxylic acids is 1. The molecule has 0 spiro atoms. The Hall–Kier alpha value is -1.39. The molecular formula is C16H25NO3. The molecule has 2 N–H and O–H groups in total. The predicted molar refractivity (Wildman–Crippen MR) is 79.1 cm³/mol. The van der Waals surface area contributed by atoms with Crippen molar-refractivity contribution in [3.63, 3.8) is 0 Å². The summed E-state index contributed by atoms with van der Waals surface area (Å²) in [6.45, 7) is 3.12. The van der Waals surface area contributed by atoms with Crippen molar-refractivity contribution < 1.29 is 14.3 Å². The van der Waals surface area contributed by atoms with Gasteiger partial charge in [0.1, 0.15) is 0 Å². The normalized spacial score (nSPS) is 13.8. The second-order valence-corrected chi connectivity index (χ2v) is 4.95. The average molecular weight is 279 g/mol. The van der Waals surface area contributed by atoms with E-state index in [-0.39, 0.29) is 17.9 Å². The summed E-state index contributed by atoms with van der Waals surface area (Å²) in [5.74, 6) is -0.372. The lowest BCUT2D eigenvalue weighted by atomic mass is 9.96. The van der Waals surface area contributed by atoms with E-state index in [2.05, 4.69) is 0 Å². The van der Waals surface area contributed by atoms with Gasteiger partial charge < -0.3 is 15.2 Å². The fourth-order valence-electron chi connectivity index (χ4n) is 2.02. The van der Waals surface area contributed by atoms with Gasteiger partial charge in [-0.3, -0.25) is 4.79 Å². The van der Waals surface area contributed by atoms with Gasteiger partial charge in [-0.25, -0.2) is 0 Å². The summed E-state index contributed by atoms with van der Waals surface area (Å²) in [5.41, 5.74) is 7.04. The summed E-state index contributed by atoms with van der Waals surface area (Å²) in [4.78, 5) is 11.7. The zero-order valence-electron chi connectivity index (χ0n) is 12.4. The average Bonchev–Trinajstić information content (AvgIpc) is 2.50. The first-order valence-electron chi connectivity index (χ1n) is 7.12. The van der Waals surface area contributed by atoms with Gasteiger partial charge in [0.15, 0.2) is 0 Å². The van der Waals surface area contributed by atoms with Crippen LogP contribution in [0.15, 0.2) is 30.3 Å². The molecule has 1 aromatic rings. The Morgan fingerprint density at radius 3 is 2.60 bits per heavy atom. The molecule has 0 radical (unpaired) electrons. The quantitative estimate of drug-likeness (QED) is 0.557. The van der Waals surface area contributed by atoms with E-state index < -0.39 is 0 Å². The lowest BCUT2D eigenvalue weighted by molar-refractivity contribution is -0.146. The first kappa shape index (κ1) is 16.7. The number of benzene rings is 1. The number of rotatable bonds is 9. The SMILES string of the molecule is CCC(N)CC(CCOCc1ccccc1)C(=O)OC. The maximum absolute atomic E-state index is 11.7. The van der Waals surface area contributed by atoms with E-state index in [9.17, 15) is 4.79 Å². The molecule has 0 aromatic heterocycles. The highest BCUT2D eigenvalue weighted by atomic mass is 16.5. The summed E-state index contributed by atoms with van der Waals surface area (Å²) < 4.78 is 10.4. The van der Waals surface area contributed by atoms with E-state index in [0.29, 0.717) is 26.1 Å². The van der Waals surface area contributed by atoms with Gasteiger partial charge >= 0.3 is 5.97 Å². The third kappa shape index (κ3) is 6.17. The number of nitrogens with two attached hydrogens (primary N) is 1. The van der Waals surface area contributed by atoms with Gasteiger partial charge in [-0.2, -0.15) is 0 Å². The van der Waals surface area contributed by atoms with Crippen molar-refractivity contribution in [2.45, 2.75) is 38.8 Å². The molecule has 0 aliphatic carbocycles. The highest BCUT2D eigenvalue weighted by Crippen LogP contribution is 2.15. The Labute approximate surface area is 121 Å². The van der Waals surface area contributed by atoms with Crippen LogP contribution in [0.2, 0.25) is 0 Å². The third-order valence-electron chi connectivity index (χ3n) is 3.37. The minimum atomic E-state index is -0.197. The fourth-order valence-corrected chi connectivity index (χ4v) is 2.02. The summed E-state index contributed by atoms with van der Waals surface area (Å²) in [7, 11) is 1.41. The Morgan fingerprint density at radius 2 is 2.00 bits per heavy atom. The van der Waals surface area contributed by atoms with Crippen molar-refractivity contribution in [1.82, 2.24) is 0 Å². The molecule has 20 heavy (non-hydrogen) atoms. The fraction of sp³-hybridized carbons (Fsp3) is 0.562. The largest absolute Gasteiger partial charge is 0.469 e. The van der Waals surface area contributed by atoms with Crippen molar-refractivity contribution in [3.8, 4) is 0 Å². The lowest BCUT2D eigenvalue weighted by Gasteiger charge is -2.18. The molecule has 0 aliphatic heterocycles. The van der Waals surface area contributed by atoms with Gasteiger partial charge in [-0.15, -0.1) is 0 Å². The summed E-state index contributed by atoms with van der Waals surface area (Å²) >= 11 is 0. The third-order valence-corrected chi connectivity index (χ3v) is 3.37. The van der Waals surface area contributed by atoms with Crippen LogP contribution < -0.4 is 5.73 Å². The van der Waals surface area contributed by atoms with Crippen LogP contribution in [0.4, 0.5) is 0 Å². The number of carbonyl (C=O) groups is 1. The van der Waals surface area contributed by atoms with Crippen LogP contribution in [0.25, 0.3) is 0 Å². The number of esters is 1. The van der Waals surface area contributed by atoms with Gasteiger partial charge in [-0.05, 0) is 24.8 Å². The van der Waals surface area contributed by atoms with E-state index in [1.807, 2.05) is 37.3 Å². The van der Waals surface area contributed by atoms with Crippen molar-refractivity contribution in [2.75, 3.05) is 13.7 Å². The first-order valence-corrected chi connectivity index (χ1v) is 7.12. The van der Waals surface area contributed by atoms with Crippen LogP contribution in [-0.2, 0) is 20.9 Å². The Bertz CT molecular complexity index is 381. The minimum Gasteiger partial charge on any atom is -0.469 e. The predicted octanol–water partition coefficient (Wildman–Crippen LogP) is 2.51. The first-order chi connectivity index (χ1) is 9.67. The topological polar surface area (TPSA) is 61.5 Å². The van der Waals surface area contributed by atoms with E-state index in [1.54, 1.807) is 0 Å². The summed E-state index contributed by atoms with van der Waals surface area (Å²) in [6, 6.07) is 10.0. The number of hydrogen-bond acceptors (Lipinski definition) is 4. The number of methoxy groups -OCH3 is 1. The Balaban J connectivity index is 2.32. The number of ether oxygens (including phenoxy) is 2. The molecule has 0 fully saturated rings. The minimum absolute atomic E-state index is 0.0354. The summed E-state index contributed by atoms with van der Waals surface area (Å²) in [5, 5.41) is 0.